The van der Waals surface area contributed by atoms with Gasteiger partial charge < -0.3 is 9.97 Å². The zero-order chi connectivity index (χ0) is 30.1. The van der Waals surface area contributed by atoms with E-state index in [1.807, 2.05) is 66.9 Å². The minimum Gasteiger partial charge on any atom is -0.305 e. The van der Waals surface area contributed by atoms with Crippen LogP contribution in [0, 0.1) is 18.1 Å². The molecule has 4 aliphatic carbocycles. The van der Waals surface area contributed by atoms with Crippen LogP contribution in [0.3, 0.4) is 0 Å². The van der Waals surface area contributed by atoms with Crippen molar-refractivity contribution in [3.8, 4) is 33.6 Å². The van der Waals surface area contributed by atoms with Crippen LogP contribution in [-0.2, 0) is 52.2 Å². The van der Waals surface area contributed by atoms with Gasteiger partial charge in [-0.05, 0) is 100 Å². The molecule has 4 aliphatic rings. The molecule has 0 atom stereocenters. The smallest absolute Gasteiger partial charge is 0.0166 e. The molecule has 0 unspecified atom stereocenters. The maximum Gasteiger partial charge on any atom is 0.0166 e. The molecule has 45 heavy (non-hydrogen) atoms. The van der Waals surface area contributed by atoms with Crippen LogP contribution >= 0.6 is 0 Å². The molecule has 2 aromatic heterocycles. The third-order valence-corrected chi connectivity index (χ3v) is 8.15. The number of nitrogens with zero attached hydrogens (tertiary/aromatic N) is 2. The molecule has 10 rings (SSSR count). The molecule has 0 amide bonds. The first kappa shape index (κ1) is 32.2. The van der Waals surface area contributed by atoms with Crippen molar-refractivity contribution in [1.82, 2.24) is 9.97 Å². The zero-order valence-electron chi connectivity index (χ0n) is 26.0. The summed E-state index contributed by atoms with van der Waals surface area (Å²) in [7, 11) is 0. The van der Waals surface area contributed by atoms with Crippen LogP contribution in [0.1, 0.15) is 41.7 Å². The summed E-state index contributed by atoms with van der Waals surface area (Å²) >= 11 is 0. The van der Waals surface area contributed by atoms with E-state index in [9.17, 15) is 0 Å². The van der Waals surface area contributed by atoms with E-state index in [4.69, 9.17) is 0 Å². The Morgan fingerprint density at radius 2 is 1.24 bits per heavy atom. The average Bonchev–Trinajstić information content (AvgIpc) is 3.07. The van der Waals surface area contributed by atoms with Gasteiger partial charge in [-0.1, -0.05) is 68.4 Å². The van der Waals surface area contributed by atoms with Crippen LogP contribution in [0.25, 0.3) is 33.6 Å². The van der Waals surface area contributed by atoms with Crippen molar-refractivity contribution in [1.29, 1.82) is 0 Å². The third-order valence-electron chi connectivity index (χ3n) is 8.15. The van der Waals surface area contributed by atoms with Crippen LogP contribution in [0.5, 0.6) is 0 Å². The van der Waals surface area contributed by atoms with Gasteiger partial charge in [0.05, 0.1) is 0 Å². The van der Waals surface area contributed by atoms with Crippen molar-refractivity contribution in [2.24, 2.45) is 5.92 Å². The van der Waals surface area contributed by atoms with E-state index in [0.29, 0.717) is 5.92 Å². The molecular formula is C42H38IrN2-2. The molecule has 0 saturated heterocycles. The van der Waals surface area contributed by atoms with Crippen molar-refractivity contribution in [2.75, 3.05) is 0 Å². The monoisotopic (exact) mass is 763 g/mol. The molecule has 2 heterocycles. The van der Waals surface area contributed by atoms with Gasteiger partial charge in [-0.15, -0.1) is 71.8 Å². The first-order chi connectivity index (χ1) is 21.6. The molecule has 2 nitrogen and oxygen atoms in total. The molecule has 0 aliphatic heterocycles. The largest absolute Gasteiger partial charge is 0.305 e. The SMILES string of the molecule is CC(C)Cc1cc2ccc1CCc1ccc(c(-c3ccnc(-c4[c-]cccc4)c3)c1)CC2.[Ir].[c-]1ccccc1-c1ccccn1. The van der Waals surface area contributed by atoms with Gasteiger partial charge >= 0.3 is 0 Å². The summed E-state index contributed by atoms with van der Waals surface area (Å²) in [6.07, 6.45) is 9.18. The number of rotatable bonds is 5. The normalized spacial score (nSPS) is 12.0. The third kappa shape index (κ3) is 8.51. The van der Waals surface area contributed by atoms with E-state index in [-0.39, 0.29) is 20.1 Å². The summed E-state index contributed by atoms with van der Waals surface area (Å²) in [5.74, 6) is 0.685. The van der Waals surface area contributed by atoms with E-state index >= 15 is 0 Å². The molecule has 4 bridgehead atoms. The Bertz CT molecular complexity index is 1760. The molecule has 0 fully saturated rings. The summed E-state index contributed by atoms with van der Waals surface area (Å²) in [5, 5.41) is 0. The van der Waals surface area contributed by atoms with Gasteiger partial charge in [-0.3, -0.25) is 0 Å². The van der Waals surface area contributed by atoms with E-state index in [1.165, 1.54) is 39.8 Å². The summed E-state index contributed by atoms with van der Waals surface area (Å²) < 4.78 is 0. The quantitative estimate of drug-likeness (QED) is 0.164. The predicted molar refractivity (Wildman–Crippen MR) is 182 cm³/mol. The fourth-order valence-electron chi connectivity index (χ4n) is 5.91. The molecule has 3 heteroatoms. The van der Waals surface area contributed by atoms with E-state index in [2.05, 4.69) is 90.5 Å². The first-order valence-corrected chi connectivity index (χ1v) is 15.7. The Hall–Kier alpha value is -4.17. The number of benzene rings is 4. The topological polar surface area (TPSA) is 25.8 Å². The Balaban J connectivity index is 0.000000258. The molecule has 6 aromatic rings. The first-order valence-electron chi connectivity index (χ1n) is 15.7. The number of pyridine rings is 2. The van der Waals surface area contributed by atoms with Gasteiger partial charge in [0.15, 0.2) is 0 Å². The molecule has 0 saturated carbocycles. The molecule has 0 spiro atoms. The summed E-state index contributed by atoms with van der Waals surface area (Å²) in [5.41, 5.74) is 14.0. The number of aromatic nitrogens is 2. The van der Waals surface area contributed by atoms with Crippen molar-refractivity contribution in [2.45, 2.75) is 46.0 Å². The number of hydrogen-bond donors (Lipinski definition) is 0. The van der Waals surface area contributed by atoms with Gasteiger partial charge in [0.25, 0.3) is 0 Å². The van der Waals surface area contributed by atoms with Gasteiger partial charge in [-0.25, -0.2) is 0 Å². The summed E-state index contributed by atoms with van der Waals surface area (Å²) in [6, 6.07) is 46.9. The standard InChI is InChI=1S/C31H30N.C11H8N.Ir/c1-22(2)18-29-19-23-8-12-25(29)13-9-24-11-15-26(14-10-23)30(20-24)28-16-17-32-31(21-28)27-6-4-3-5-7-27;1-2-6-10(7-3-1)11-8-4-5-9-12-11;/h3-6,8,11-12,15-17,19-22H,9-10,13-14,18H2,1-2H3;1-6,8-9H;/q2*-1;. The van der Waals surface area contributed by atoms with Crippen LogP contribution in [-0.4, -0.2) is 9.97 Å². The van der Waals surface area contributed by atoms with Crippen molar-refractivity contribution in [3.05, 3.63) is 168 Å². The predicted octanol–water partition coefficient (Wildman–Crippen LogP) is 9.84. The van der Waals surface area contributed by atoms with E-state index in [1.54, 1.807) is 11.8 Å². The Morgan fingerprint density at radius 3 is 1.91 bits per heavy atom. The van der Waals surface area contributed by atoms with E-state index < -0.39 is 0 Å². The Labute approximate surface area is 282 Å². The van der Waals surface area contributed by atoms with Crippen molar-refractivity contribution < 1.29 is 20.1 Å². The molecule has 227 valence electrons. The van der Waals surface area contributed by atoms with Crippen LogP contribution in [0.2, 0.25) is 0 Å². The van der Waals surface area contributed by atoms with Gasteiger partial charge in [0.2, 0.25) is 0 Å². The van der Waals surface area contributed by atoms with Gasteiger partial charge in [0, 0.05) is 32.5 Å². The second-order valence-corrected chi connectivity index (χ2v) is 11.9. The van der Waals surface area contributed by atoms with Crippen LogP contribution in [0.15, 0.2) is 128 Å². The van der Waals surface area contributed by atoms with Crippen LogP contribution in [0.4, 0.5) is 0 Å². The zero-order valence-corrected chi connectivity index (χ0v) is 28.4. The minimum absolute atomic E-state index is 0. The van der Waals surface area contributed by atoms with Crippen molar-refractivity contribution in [3.63, 3.8) is 0 Å². The Morgan fingerprint density at radius 1 is 0.600 bits per heavy atom. The maximum atomic E-state index is 4.62. The molecule has 1 radical (unpaired) electrons. The number of aryl methyl sites for hydroxylation is 4. The molecule has 4 aromatic carbocycles. The second kappa shape index (κ2) is 15.7. The minimum atomic E-state index is 0. The fourth-order valence-corrected chi connectivity index (χ4v) is 5.91. The van der Waals surface area contributed by atoms with Crippen molar-refractivity contribution >= 4 is 0 Å². The maximum absolute atomic E-state index is 4.62. The second-order valence-electron chi connectivity index (χ2n) is 11.9. The summed E-state index contributed by atoms with van der Waals surface area (Å²) in [4.78, 5) is 8.83. The number of hydrogen-bond acceptors (Lipinski definition) is 2. The summed E-state index contributed by atoms with van der Waals surface area (Å²) in [6.45, 7) is 4.64. The molecule has 0 N–H and O–H groups in total. The molecular weight excluding hydrogens is 725 g/mol. The van der Waals surface area contributed by atoms with Gasteiger partial charge in [0.1, 0.15) is 0 Å². The van der Waals surface area contributed by atoms with E-state index in [0.717, 1.165) is 48.2 Å². The van der Waals surface area contributed by atoms with Gasteiger partial charge in [-0.2, -0.15) is 0 Å². The Kier molecular flexibility index (Phi) is 11.3. The van der Waals surface area contributed by atoms with Crippen LogP contribution < -0.4 is 0 Å². The fraction of sp³-hybridized carbons (Fsp3) is 0.190. The average molecular weight is 763 g/mol.